The van der Waals surface area contributed by atoms with E-state index in [-0.39, 0.29) is 30.2 Å². The Labute approximate surface area is 109 Å². The molecule has 0 aliphatic carbocycles. The molecule has 0 aromatic heterocycles. The summed E-state index contributed by atoms with van der Waals surface area (Å²) in [6.45, 7) is 1.93. The van der Waals surface area contributed by atoms with Crippen molar-refractivity contribution in [1.29, 1.82) is 0 Å². The van der Waals surface area contributed by atoms with E-state index in [2.05, 4.69) is 0 Å². The molecular formula is C12H16F3NOS. The van der Waals surface area contributed by atoms with Crippen LogP contribution >= 0.6 is 11.8 Å². The number of alkyl halides is 3. The smallest absolute Gasteiger partial charge is 0.441 e. The van der Waals surface area contributed by atoms with Crippen LogP contribution in [0.25, 0.3) is 0 Å². The standard InChI is InChI=1S/C12H16F3NOS/c1-9(16)7-10-3-2-4-11(8-10)17-5-6-18-12(13,14)15/h2-4,8-9H,5-7,16H2,1H3. The molecule has 0 fully saturated rings. The first-order valence-corrected chi connectivity index (χ1v) is 6.53. The Hall–Kier alpha value is -0.880. The summed E-state index contributed by atoms with van der Waals surface area (Å²) < 4.78 is 40.9. The molecule has 0 aliphatic rings. The van der Waals surface area contributed by atoms with Crippen LogP contribution in [0.4, 0.5) is 13.2 Å². The van der Waals surface area contributed by atoms with Crippen LogP contribution in [0, 0.1) is 0 Å². The zero-order valence-electron chi connectivity index (χ0n) is 10.0. The van der Waals surface area contributed by atoms with Crippen LogP contribution in [0.5, 0.6) is 5.75 Å². The Morgan fingerprint density at radius 1 is 1.39 bits per heavy atom. The van der Waals surface area contributed by atoms with Crippen molar-refractivity contribution in [3.63, 3.8) is 0 Å². The third-order valence-corrected chi connectivity index (χ3v) is 2.77. The van der Waals surface area contributed by atoms with E-state index in [0.717, 1.165) is 5.56 Å². The fourth-order valence-electron chi connectivity index (χ4n) is 1.45. The van der Waals surface area contributed by atoms with Crippen molar-refractivity contribution in [2.75, 3.05) is 12.4 Å². The fraction of sp³-hybridized carbons (Fsp3) is 0.500. The number of benzene rings is 1. The Kier molecular flexibility index (Phi) is 5.81. The molecule has 0 heterocycles. The van der Waals surface area contributed by atoms with Crippen LogP contribution in [-0.4, -0.2) is 23.9 Å². The lowest BCUT2D eigenvalue weighted by Gasteiger charge is -2.10. The second kappa shape index (κ2) is 6.89. The van der Waals surface area contributed by atoms with E-state index in [9.17, 15) is 13.2 Å². The highest BCUT2D eigenvalue weighted by molar-refractivity contribution is 8.00. The zero-order chi connectivity index (χ0) is 13.6. The second-order valence-corrected chi connectivity index (χ2v) is 5.13. The molecule has 1 rings (SSSR count). The van der Waals surface area contributed by atoms with E-state index in [4.69, 9.17) is 10.5 Å². The minimum atomic E-state index is -4.19. The van der Waals surface area contributed by atoms with Gasteiger partial charge in [0, 0.05) is 11.8 Å². The van der Waals surface area contributed by atoms with Gasteiger partial charge < -0.3 is 10.5 Å². The van der Waals surface area contributed by atoms with Gasteiger partial charge in [0.2, 0.25) is 0 Å². The van der Waals surface area contributed by atoms with Crippen LogP contribution in [0.1, 0.15) is 12.5 Å². The average molecular weight is 279 g/mol. The molecule has 0 saturated heterocycles. The lowest BCUT2D eigenvalue weighted by atomic mass is 10.1. The van der Waals surface area contributed by atoms with E-state index in [0.29, 0.717) is 12.2 Å². The summed E-state index contributed by atoms with van der Waals surface area (Å²) in [4.78, 5) is 0. The fourth-order valence-corrected chi connectivity index (χ4v) is 1.85. The zero-order valence-corrected chi connectivity index (χ0v) is 10.9. The Balaban J connectivity index is 2.38. The summed E-state index contributed by atoms with van der Waals surface area (Å²) in [7, 11) is 0. The van der Waals surface area contributed by atoms with Gasteiger partial charge in [-0.05, 0) is 42.8 Å². The van der Waals surface area contributed by atoms with E-state index < -0.39 is 5.51 Å². The number of halogens is 3. The van der Waals surface area contributed by atoms with Crippen LogP contribution in [0.3, 0.4) is 0 Å². The van der Waals surface area contributed by atoms with Crippen LogP contribution < -0.4 is 10.5 Å². The molecule has 18 heavy (non-hydrogen) atoms. The van der Waals surface area contributed by atoms with Gasteiger partial charge in [0.05, 0.1) is 6.61 Å². The van der Waals surface area contributed by atoms with Crippen LogP contribution in [-0.2, 0) is 6.42 Å². The number of ether oxygens (including phenoxy) is 1. The molecule has 1 aromatic carbocycles. The lowest BCUT2D eigenvalue weighted by Crippen LogP contribution is -2.17. The maximum Gasteiger partial charge on any atom is 0.441 e. The highest BCUT2D eigenvalue weighted by atomic mass is 32.2. The summed E-state index contributed by atoms with van der Waals surface area (Å²) in [6.07, 6.45) is 0.717. The summed E-state index contributed by atoms with van der Waals surface area (Å²) >= 11 is -0.0773. The third-order valence-electron chi connectivity index (χ3n) is 2.07. The van der Waals surface area contributed by atoms with Gasteiger partial charge in [0.15, 0.2) is 0 Å². The molecule has 1 atom stereocenters. The molecule has 0 aliphatic heterocycles. The summed E-state index contributed by atoms with van der Waals surface area (Å²) in [5.41, 5.74) is 2.50. The van der Waals surface area contributed by atoms with Gasteiger partial charge in [-0.3, -0.25) is 0 Å². The van der Waals surface area contributed by atoms with Crippen molar-refractivity contribution in [2.45, 2.75) is 24.9 Å². The first kappa shape index (κ1) is 15.2. The van der Waals surface area contributed by atoms with E-state index in [1.807, 2.05) is 25.1 Å². The monoisotopic (exact) mass is 279 g/mol. The molecule has 0 radical (unpaired) electrons. The van der Waals surface area contributed by atoms with Gasteiger partial charge in [0.25, 0.3) is 0 Å². The molecule has 2 nitrogen and oxygen atoms in total. The Bertz CT molecular complexity index is 369. The van der Waals surface area contributed by atoms with Crippen LogP contribution in [0.15, 0.2) is 24.3 Å². The normalized spacial score (nSPS) is 13.4. The van der Waals surface area contributed by atoms with Crippen molar-refractivity contribution >= 4 is 11.8 Å². The van der Waals surface area contributed by atoms with Gasteiger partial charge in [-0.15, -0.1) is 0 Å². The predicted octanol–water partition coefficient (Wildman–Crippen LogP) is 3.21. The minimum absolute atomic E-state index is 0.0335. The van der Waals surface area contributed by atoms with Crippen molar-refractivity contribution < 1.29 is 17.9 Å². The maximum absolute atomic E-state index is 11.9. The van der Waals surface area contributed by atoms with Crippen molar-refractivity contribution in [1.82, 2.24) is 0 Å². The first-order valence-electron chi connectivity index (χ1n) is 5.55. The number of nitrogens with two attached hydrogens (primary N) is 1. The minimum Gasteiger partial charge on any atom is -0.493 e. The summed E-state index contributed by atoms with van der Waals surface area (Å²) in [6, 6.07) is 7.30. The lowest BCUT2D eigenvalue weighted by molar-refractivity contribution is -0.0329. The van der Waals surface area contributed by atoms with E-state index >= 15 is 0 Å². The average Bonchev–Trinajstić information content (AvgIpc) is 2.23. The molecule has 102 valence electrons. The molecule has 0 amide bonds. The molecule has 2 N–H and O–H groups in total. The quantitative estimate of drug-likeness (QED) is 0.812. The molecule has 1 unspecified atom stereocenters. The Morgan fingerprint density at radius 2 is 2.11 bits per heavy atom. The third kappa shape index (κ3) is 6.76. The van der Waals surface area contributed by atoms with Crippen molar-refractivity contribution in [3.05, 3.63) is 29.8 Å². The van der Waals surface area contributed by atoms with Crippen molar-refractivity contribution in [3.8, 4) is 5.75 Å². The number of hydrogen-bond acceptors (Lipinski definition) is 3. The molecule has 1 aromatic rings. The van der Waals surface area contributed by atoms with Crippen LogP contribution in [0.2, 0.25) is 0 Å². The highest BCUT2D eigenvalue weighted by Gasteiger charge is 2.27. The largest absolute Gasteiger partial charge is 0.493 e. The van der Waals surface area contributed by atoms with Gasteiger partial charge >= 0.3 is 5.51 Å². The summed E-state index contributed by atoms with van der Waals surface area (Å²) in [5.74, 6) is 0.469. The number of thioether (sulfide) groups is 1. The number of rotatable bonds is 6. The SMILES string of the molecule is CC(N)Cc1cccc(OCCSC(F)(F)F)c1. The van der Waals surface area contributed by atoms with Gasteiger partial charge in [0.1, 0.15) is 5.75 Å². The van der Waals surface area contributed by atoms with Crippen molar-refractivity contribution in [2.24, 2.45) is 5.73 Å². The molecule has 6 heteroatoms. The van der Waals surface area contributed by atoms with Gasteiger partial charge in [-0.25, -0.2) is 0 Å². The van der Waals surface area contributed by atoms with E-state index in [1.54, 1.807) is 6.07 Å². The molecule has 0 bridgehead atoms. The molecule has 0 saturated carbocycles. The Morgan fingerprint density at radius 3 is 2.72 bits per heavy atom. The first-order chi connectivity index (χ1) is 8.37. The number of hydrogen-bond donors (Lipinski definition) is 1. The second-order valence-electron chi connectivity index (χ2n) is 3.97. The molecular weight excluding hydrogens is 263 g/mol. The van der Waals surface area contributed by atoms with Gasteiger partial charge in [-0.1, -0.05) is 12.1 Å². The topological polar surface area (TPSA) is 35.2 Å². The molecule has 0 spiro atoms. The highest BCUT2D eigenvalue weighted by Crippen LogP contribution is 2.29. The van der Waals surface area contributed by atoms with Gasteiger partial charge in [-0.2, -0.15) is 13.2 Å². The maximum atomic E-state index is 11.9. The predicted molar refractivity (Wildman–Crippen MR) is 67.8 cm³/mol. The summed E-state index contributed by atoms with van der Waals surface area (Å²) in [5, 5.41) is 0. The van der Waals surface area contributed by atoms with E-state index in [1.165, 1.54) is 0 Å².